The van der Waals surface area contributed by atoms with Crippen LogP contribution in [0.3, 0.4) is 0 Å². The van der Waals surface area contributed by atoms with E-state index >= 15 is 0 Å². The van der Waals surface area contributed by atoms with Gasteiger partial charge in [0.15, 0.2) is 0 Å². The van der Waals surface area contributed by atoms with E-state index in [-0.39, 0.29) is 28.9 Å². The molecule has 1 aliphatic heterocycles. The first-order valence-corrected chi connectivity index (χ1v) is 15.7. The lowest BCUT2D eigenvalue weighted by molar-refractivity contribution is -0.174. The quantitative estimate of drug-likeness (QED) is 0.416. The van der Waals surface area contributed by atoms with Gasteiger partial charge in [-0.25, -0.2) is 0 Å². The predicted octanol–water partition coefficient (Wildman–Crippen LogP) is 7.00. The predicted molar refractivity (Wildman–Crippen MR) is 149 cm³/mol. The Balaban J connectivity index is 1.11. The summed E-state index contributed by atoms with van der Waals surface area (Å²) in [5.74, 6) is 2.66. The molecule has 1 aromatic rings. The van der Waals surface area contributed by atoms with Crippen molar-refractivity contribution in [2.75, 3.05) is 11.4 Å². The molecule has 4 fully saturated rings. The maximum atomic E-state index is 13.2. The summed E-state index contributed by atoms with van der Waals surface area (Å²) >= 11 is 0. The van der Waals surface area contributed by atoms with Gasteiger partial charge in [0.25, 0.3) is 0 Å². The summed E-state index contributed by atoms with van der Waals surface area (Å²) in [6.45, 7) is 7.62. The lowest BCUT2D eigenvalue weighted by Crippen LogP contribution is -2.58. The van der Waals surface area contributed by atoms with Gasteiger partial charge in [-0.05, 0) is 134 Å². The van der Waals surface area contributed by atoms with Crippen LogP contribution in [0.5, 0.6) is 0 Å². The fourth-order valence-electron chi connectivity index (χ4n) is 10.7. The second kappa shape index (κ2) is 10.00. The van der Waals surface area contributed by atoms with Gasteiger partial charge in [-0.3, -0.25) is 4.79 Å². The van der Waals surface area contributed by atoms with E-state index in [1.807, 2.05) is 0 Å². The minimum atomic E-state index is -4.37. The number of aliphatic hydroxyl groups excluding tert-OH is 2. The van der Waals surface area contributed by atoms with Crippen LogP contribution in [0.25, 0.3) is 0 Å². The molecule has 6 rings (SSSR count). The number of amides is 1. The maximum Gasteiger partial charge on any atom is 0.416 e. The standard InChI is InChI=1S/C33H46F3NO3/c1-19(4-9-29(40)37-15-12-20-16-21(33(34,35)36)5-8-27(20)37)24-6-7-25-30-26(11-14-32(24,25)3)31(2)13-10-23(38)17-22(31)18-28(30)39/h5,8,16,19,22-26,28,30,38-39H,4,6-7,9-15,17-18H2,1-3H3/t19-,22+,23-,24-,25+,26+,28-,30+,31+,32-/m1/s1. The van der Waals surface area contributed by atoms with E-state index in [1.165, 1.54) is 18.6 Å². The van der Waals surface area contributed by atoms with Gasteiger partial charge in [0.1, 0.15) is 0 Å². The number of carbonyl (C=O) groups is 1. The molecule has 7 heteroatoms. The van der Waals surface area contributed by atoms with Gasteiger partial charge in [-0.15, -0.1) is 0 Å². The number of rotatable bonds is 4. The van der Waals surface area contributed by atoms with Crippen LogP contribution in [0.15, 0.2) is 18.2 Å². The van der Waals surface area contributed by atoms with E-state index in [0.29, 0.717) is 66.1 Å². The third-order valence-electron chi connectivity index (χ3n) is 12.8. The minimum Gasteiger partial charge on any atom is -0.393 e. The second-order valence-electron chi connectivity index (χ2n) is 14.6. The van der Waals surface area contributed by atoms with Crippen molar-refractivity contribution in [3.05, 3.63) is 29.3 Å². The molecule has 5 aliphatic rings. The van der Waals surface area contributed by atoms with Crippen molar-refractivity contribution in [1.82, 2.24) is 0 Å². The molecule has 222 valence electrons. The molecule has 40 heavy (non-hydrogen) atoms. The van der Waals surface area contributed by atoms with Crippen molar-refractivity contribution in [1.29, 1.82) is 0 Å². The average Bonchev–Trinajstić information content (AvgIpc) is 3.48. The highest BCUT2D eigenvalue weighted by atomic mass is 19.4. The van der Waals surface area contributed by atoms with Crippen LogP contribution < -0.4 is 4.90 Å². The molecule has 2 N–H and O–H groups in total. The minimum absolute atomic E-state index is 0.00919. The van der Waals surface area contributed by atoms with Gasteiger partial charge < -0.3 is 15.1 Å². The van der Waals surface area contributed by atoms with Crippen LogP contribution in [0.4, 0.5) is 18.9 Å². The van der Waals surface area contributed by atoms with Crippen LogP contribution in [0, 0.1) is 46.3 Å². The number of benzene rings is 1. The van der Waals surface area contributed by atoms with Crippen molar-refractivity contribution in [2.45, 2.75) is 110 Å². The fraction of sp³-hybridized carbons (Fsp3) is 0.788. The van der Waals surface area contributed by atoms with Crippen molar-refractivity contribution in [2.24, 2.45) is 46.3 Å². The summed E-state index contributed by atoms with van der Waals surface area (Å²) in [5, 5.41) is 21.8. The SMILES string of the molecule is C[C@H](CCC(=O)N1CCc2cc(C(F)(F)F)ccc21)[C@H]1CC[C@H]2[C@@H]3[C@H](O)C[C@@H]4C[C@H](O)CC[C@]4(C)[C@H]3CC[C@]12C. The van der Waals surface area contributed by atoms with Crippen molar-refractivity contribution >= 4 is 11.6 Å². The molecule has 0 saturated heterocycles. The number of aliphatic hydroxyl groups is 2. The highest BCUT2D eigenvalue weighted by Gasteiger charge is 2.62. The number of alkyl halides is 3. The molecule has 1 aromatic carbocycles. The zero-order valence-corrected chi connectivity index (χ0v) is 24.2. The van der Waals surface area contributed by atoms with E-state index in [0.717, 1.165) is 57.4 Å². The first-order chi connectivity index (χ1) is 18.8. The fourth-order valence-corrected chi connectivity index (χ4v) is 10.7. The van der Waals surface area contributed by atoms with Crippen LogP contribution in [0.2, 0.25) is 0 Å². The largest absolute Gasteiger partial charge is 0.416 e. The topological polar surface area (TPSA) is 60.8 Å². The van der Waals surface area contributed by atoms with Crippen LogP contribution in [0.1, 0.15) is 96.1 Å². The summed E-state index contributed by atoms with van der Waals surface area (Å²) in [6, 6.07) is 3.74. The molecule has 0 unspecified atom stereocenters. The van der Waals surface area contributed by atoms with Crippen molar-refractivity contribution in [3.63, 3.8) is 0 Å². The lowest BCUT2D eigenvalue weighted by atomic mass is 9.43. The van der Waals surface area contributed by atoms with E-state index in [4.69, 9.17) is 0 Å². The Labute approximate surface area is 236 Å². The Bertz CT molecular complexity index is 1140. The molecule has 0 spiro atoms. The molecule has 4 nitrogen and oxygen atoms in total. The van der Waals surface area contributed by atoms with E-state index in [9.17, 15) is 28.2 Å². The zero-order chi connectivity index (χ0) is 28.6. The first kappa shape index (κ1) is 28.5. The number of halogens is 3. The smallest absolute Gasteiger partial charge is 0.393 e. The Hall–Kier alpha value is -1.60. The summed E-state index contributed by atoms with van der Waals surface area (Å²) in [4.78, 5) is 14.9. The van der Waals surface area contributed by atoms with Crippen molar-refractivity contribution < 1.29 is 28.2 Å². The van der Waals surface area contributed by atoms with Crippen molar-refractivity contribution in [3.8, 4) is 0 Å². The first-order valence-electron chi connectivity index (χ1n) is 15.7. The highest BCUT2D eigenvalue weighted by Crippen LogP contribution is 2.68. The molecule has 0 radical (unpaired) electrons. The Morgan fingerprint density at radius 2 is 1.77 bits per heavy atom. The second-order valence-corrected chi connectivity index (χ2v) is 14.6. The molecule has 4 aliphatic carbocycles. The van der Waals surface area contributed by atoms with E-state index < -0.39 is 11.7 Å². The Morgan fingerprint density at radius 3 is 2.52 bits per heavy atom. The molecule has 10 atom stereocenters. The lowest BCUT2D eigenvalue weighted by Gasteiger charge is -2.62. The summed E-state index contributed by atoms with van der Waals surface area (Å²) in [7, 11) is 0. The van der Waals surface area contributed by atoms with Crippen LogP contribution in [-0.4, -0.2) is 34.9 Å². The Kier molecular flexibility index (Phi) is 7.13. The highest BCUT2D eigenvalue weighted by molar-refractivity contribution is 5.95. The molecule has 1 amide bonds. The molecule has 0 bridgehead atoms. The number of hydrogen-bond acceptors (Lipinski definition) is 3. The summed E-state index contributed by atoms with van der Waals surface area (Å²) < 4.78 is 39.4. The van der Waals surface area contributed by atoms with Gasteiger partial charge in [-0.1, -0.05) is 20.8 Å². The third kappa shape index (κ3) is 4.53. The number of nitrogens with zero attached hydrogens (tertiary/aromatic N) is 1. The number of fused-ring (bicyclic) bond motifs is 6. The van der Waals surface area contributed by atoms with Crippen LogP contribution >= 0.6 is 0 Å². The molecular formula is C33H46F3NO3. The van der Waals surface area contributed by atoms with Gasteiger partial charge in [-0.2, -0.15) is 13.2 Å². The average molecular weight is 562 g/mol. The summed E-state index contributed by atoms with van der Waals surface area (Å²) in [5.41, 5.74) is 0.962. The number of carbonyl (C=O) groups excluding carboxylic acids is 1. The number of hydrogen-bond donors (Lipinski definition) is 2. The van der Waals surface area contributed by atoms with Gasteiger partial charge >= 0.3 is 6.18 Å². The molecule has 0 aromatic heterocycles. The van der Waals surface area contributed by atoms with Gasteiger partial charge in [0, 0.05) is 18.7 Å². The molecule has 1 heterocycles. The van der Waals surface area contributed by atoms with E-state index in [2.05, 4.69) is 20.8 Å². The van der Waals surface area contributed by atoms with Gasteiger partial charge in [0.2, 0.25) is 5.91 Å². The maximum absolute atomic E-state index is 13.2. The molecule has 4 saturated carbocycles. The third-order valence-corrected chi connectivity index (χ3v) is 12.8. The normalized spacial score (nSPS) is 41.6. The van der Waals surface area contributed by atoms with Gasteiger partial charge in [0.05, 0.1) is 17.8 Å². The summed E-state index contributed by atoms with van der Waals surface area (Å²) in [6.07, 6.45) is 4.96. The zero-order valence-electron chi connectivity index (χ0n) is 24.2. The monoisotopic (exact) mass is 561 g/mol. The van der Waals surface area contributed by atoms with E-state index in [1.54, 1.807) is 4.90 Å². The Morgan fingerprint density at radius 1 is 1.05 bits per heavy atom. The van der Waals surface area contributed by atoms with Crippen LogP contribution in [-0.2, 0) is 17.4 Å². The molecular weight excluding hydrogens is 515 g/mol. The number of anilines is 1.